The molecule has 1 amide bonds. The van der Waals surface area contributed by atoms with Gasteiger partial charge in [-0.05, 0) is 48.5 Å². The van der Waals surface area contributed by atoms with Crippen molar-refractivity contribution in [2.24, 2.45) is 0 Å². The van der Waals surface area contributed by atoms with Crippen LogP contribution in [0.15, 0.2) is 78.1 Å². The van der Waals surface area contributed by atoms with E-state index in [1.165, 1.54) is 11.8 Å². The quantitative estimate of drug-likeness (QED) is 0.262. The van der Waals surface area contributed by atoms with Crippen LogP contribution in [0, 0.1) is 0 Å². The zero-order valence-corrected chi connectivity index (χ0v) is 20.2. The molecule has 0 radical (unpaired) electrons. The first kappa shape index (κ1) is 23.0. The number of rotatable bonds is 6. The summed E-state index contributed by atoms with van der Waals surface area (Å²) < 4.78 is 1.93. The molecule has 1 aromatic heterocycles. The third-order valence-electron chi connectivity index (χ3n) is 4.45. The van der Waals surface area contributed by atoms with Gasteiger partial charge in [0.2, 0.25) is 5.91 Å². The van der Waals surface area contributed by atoms with Crippen LogP contribution in [0.4, 0.5) is 5.69 Å². The number of nitrogens with one attached hydrogen (secondary N) is 1. The van der Waals surface area contributed by atoms with Crippen molar-refractivity contribution in [1.29, 1.82) is 0 Å². The number of halogens is 4. The summed E-state index contributed by atoms with van der Waals surface area (Å²) in [6.07, 6.45) is 1.73. The lowest BCUT2D eigenvalue weighted by Gasteiger charge is -2.13. The first-order chi connectivity index (χ1) is 15.4. The van der Waals surface area contributed by atoms with Crippen molar-refractivity contribution in [3.8, 4) is 16.9 Å². The van der Waals surface area contributed by atoms with E-state index in [-0.39, 0.29) is 11.7 Å². The maximum atomic E-state index is 12.5. The van der Waals surface area contributed by atoms with Crippen LogP contribution in [0.25, 0.3) is 16.9 Å². The van der Waals surface area contributed by atoms with Crippen LogP contribution in [0.1, 0.15) is 0 Å². The number of carbonyl (C=O) groups excluding carboxylic acids is 1. The Labute approximate surface area is 209 Å². The van der Waals surface area contributed by atoms with E-state index in [0.717, 1.165) is 16.9 Å². The molecule has 0 bridgehead atoms. The molecular weight excluding hydrogens is 508 g/mol. The molecule has 0 aliphatic carbocycles. The number of nitrogens with zero attached hydrogens (tertiary/aromatic N) is 2. The molecule has 0 saturated heterocycles. The summed E-state index contributed by atoms with van der Waals surface area (Å²) in [5.74, 6) is -0.0146. The molecule has 0 aliphatic rings. The molecule has 1 N–H and O–H groups in total. The van der Waals surface area contributed by atoms with Gasteiger partial charge in [0.05, 0.1) is 27.7 Å². The highest BCUT2D eigenvalue weighted by molar-refractivity contribution is 7.99. The average molecular weight is 523 g/mol. The van der Waals surface area contributed by atoms with Gasteiger partial charge in [-0.1, -0.05) is 76.4 Å². The molecule has 4 aromatic rings. The molecule has 1 heterocycles. The number of hydrogen-bond donors (Lipinski definition) is 1. The number of anilines is 1. The lowest BCUT2D eigenvalue weighted by atomic mass is 10.1. The minimum atomic E-state index is -0.172. The Morgan fingerprint density at radius 1 is 0.906 bits per heavy atom. The number of thioether (sulfide) groups is 1. The summed E-state index contributed by atoms with van der Waals surface area (Å²) in [5.41, 5.74) is 3.08. The topological polar surface area (TPSA) is 46.9 Å². The van der Waals surface area contributed by atoms with Crippen LogP contribution in [-0.2, 0) is 4.79 Å². The first-order valence-corrected chi connectivity index (χ1v) is 11.9. The largest absolute Gasteiger partial charge is 0.325 e. The van der Waals surface area contributed by atoms with Gasteiger partial charge >= 0.3 is 0 Å². The predicted octanol–water partition coefficient (Wildman–Crippen LogP) is 7.88. The number of benzene rings is 3. The number of imidazole rings is 1. The summed E-state index contributed by atoms with van der Waals surface area (Å²) in [6.45, 7) is 0. The molecule has 4 nitrogen and oxygen atoms in total. The lowest BCUT2D eigenvalue weighted by molar-refractivity contribution is -0.113. The van der Waals surface area contributed by atoms with E-state index in [9.17, 15) is 4.79 Å². The molecule has 0 fully saturated rings. The smallest absolute Gasteiger partial charge is 0.234 e. The number of aromatic nitrogens is 2. The van der Waals surface area contributed by atoms with Crippen molar-refractivity contribution in [1.82, 2.24) is 9.55 Å². The van der Waals surface area contributed by atoms with E-state index in [2.05, 4.69) is 10.3 Å². The molecule has 9 heteroatoms. The Morgan fingerprint density at radius 3 is 2.38 bits per heavy atom. The van der Waals surface area contributed by atoms with Crippen LogP contribution in [-0.4, -0.2) is 21.2 Å². The third-order valence-corrected chi connectivity index (χ3v) is 6.61. The van der Waals surface area contributed by atoms with E-state index in [1.54, 1.807) is 48.7 Å². The lowest BCUT2D eigenvalue weighted by Crippen LogP contribution is -2.14. The minimum absolute atomic E-state index is 0.158. The summed E-state index contributed by atoms with van der Waals surface area (Å²) in [7, 11) is 0. The molecule has 4 rings (SSSR count). The summed E-state index contributed by atoms with van der Waals surface area (Å²) in [6, 6.07) is 19.8. The van der Waals surface area contributed by atoms with Gasteiger partial charge in [-0.25, -0.2) is 4.98 Å². The Balaban J connectivity index is 1.64. The summed E-state index contributed by atoms with van der Waals surface area (Å²) >= 11 is 25.8. The summed E-state index contributed by atoms with van der Waals surface area (Å²) in [5, 5.41) is 5.53. The first-order valence-electron chi connectivity index (χ1n) is 9.38. The average Bonchev–Trinajstić information content (AvgIpc) is 3.18. The van der Waals surface area contributed by atoms with Crippen molar-refractivity contribution in [2.75, 3.05) is 11.1 Å². The van der Waals surface area contributed by atoms with Crippen molar-refractivity contribution in [3.05, 3.63) is 93.0 Å². The molecule has 0 saturated carbocycles. The minimum Gasteiger partial charge on any atom is -0.325 e. The van der Waals surface area contributed by atoms with E-state index in [1.807, 2.05) is 28.8 Å². The van der Waals surface area contributed by atoms with Gasteiger partial charge in [-0.15, -0.1) is 0 Å². The Hall–Kier alpha value is -2.15. The van der Waals surface area contributed by atoms with Gasteiger partial charge < -0.3 is 5.32 Å². The molecule has 0 unspecified atom stereocenters. The van der Waals surface area contributed by atoms with E-state index in [4.69, 9.17) is 46.4 Å². The van der Waals surface area contributed by atoms with Crippen molar-refractivity contribution < 1.29 is 4.79 Å². The fourth-order valence-corrected chi connectivity index (χ4v) is 4.52. The van der Waals surface area contributed by atoms with Crippen molar-refractivity contribution in [3.63, 3.8) is 0 Å². The fourth-order valence-electron chi connectivity index (χ4n) is 3.05. The van der Waals surface area contributed by atoms with Gasteiger partial charge in [0.15, 0.2) is 5.16 Å². The molecule has 3 aromatic carbocycles. The van der Waals surface area contributed by atoms with Gasteiger partial charge in [0, 0.05) is 27.0 Å². The molecular formula is C23H15Cl4N3OS. The second-order valence-electron chi connectivity index (χ2n) is 6.72. The highest BCUT2D eigenvalue weighted by atomic mass is 35.5. The highest BCUT2D eigenvalue weighted by Crippen LogP contribution is 2.34. The normalized spacial score (nSPS) is 10.9. The van der Waals surface area contributed by atoms with Crippen LogP contribution in [0.3, 0.4) is 0 Å². The second kappa shape index (κ2) is 10.2. The van der Waals surface area contributed by atoms with Gasteiger partial charge in [-0.2, -0.15) is 0 Å². The standard InChI is InChI=1S/C23H15Cl4N3OS/c24-15-3-1-5-17(10-15)29-22(31)13-32-23-28-12-21(14-7-8-19(26)20(27)9-14)30(23)18-6-2-4-16(25)11-18/h1-12H,13H2,(H,29,31). The fraction of sp³-hybridized carbons (Fsp3) is 0.0435. The van der Waals surface area contributed by atoms with Crippen LogP contribution < -0.4 is 5.32 Å². The van der Waals surface area contributed by atoms with Gasteiger partial charge in [0.1, 0.15) is 0 Å². The number of amides is 1. The van der Waals surface area contributed by atoms with Crippen LogP contribution >= 0.6 is 58.2 Å². The highest BCUT2D eigenvalue weighted by Gasteiger charge is 2.17. The Bertz CT molecular complexity index is 1290. The Morgan fingerprint density at radius 2 is 1.66 bits per heavy atom. The summed E-state index contributed by atoms with van der Waals surface area (Å²) in [4.78, 5) is 17.0. The molecule has 0 atom stereocenters. The zero-order chi connectivity index (χ0) is 22.7. The second-order valence-corrected chi connectivity index (χ2v) is 9.35. The third kappa shape index (κ3) is 5.42. The Kier molecular flexibility index (Phi) is 7.33. The molecule has 162 valence electrons. The number of hydrogen-bond acceptors (Lipinski definition) is 3. The van der Waals surface area contributed by atoms with E-state index >= 15 is 0 Å². The van der Waals surface area contributed by atoms with Crippen molar-refractivity contribution in [2.45, 2.75) is 5.16 Å². The van der Waals surface area contributed by atoms with Crippen LogP contribution in [0.5, 0.6) is 0 Å². The van der Waals surface area contributed by atoms with Crippen LogP contribution in [0.2, 0.25) is 20.1 Å². The van der Waals surface area contributed by atoms with Crippen molar-refractivity contribution >= 4 is 69.8 Å². The van der Waals surface area contributed by atoms with E-state index < -0.39 is 0 Å². The molecule has 32 heavy (non-hydrogen) atoms. The predicted molar refractivity (Wildman–Crippen MR) is 135 cm³/mol. The molecule has 0 spiro atoms. The van der Waals surface area contributed by atoms with Gasteiger partial charge in [0.25, 0.3) is 0 Å². The van der Waals surface area contributed by atoms with E-state index in [0.29, 0.717) is 30.9 Å². The SMILES string of the molecule is O=C(CSc1ncc(-c2ccc(Cl)c(Cl)c2)n1-c1cccc(Cl)c1)Nc1cccc(Cl)c1. The number of carbonyl (C=O) groups is 1. The zero-order valence-electron chi connectivity index (χ0n) is 16.4. The van der Waals surface area contributed by atoms with Gasteiger partial charge in [-0.3, -0.25) is 9.36 Å². The monoisotopic (exact) mass is 521 g/mol. The molecule has 0 aliphatic heterocycles. The maximum Gasteiger partial charge on any atom is 0.234 e. The maximum absolute atomic E-state index is 12.5.